The molecule has 1 saturated heterocycles. The van der Waals surface area contributed by atoms with Crippen molar-refractivity contribution in [2.24, 2.45) is 5.92 Å². The normalized spacial score (nSPS) is 23.2. The molecule has 0 amide bonds. The van der Waals surface area contributed by atoms with Gasteiger partial charge in [0.15, 0.2) is 0 Å². The van der Waals surface area contributed by atoms with E-state index in [4.69, 9.17) is 4.74 Å². The third-order valence-electron chi connectivity index (χ3n) is 4.54. The van der Waals surface area contributed by atoms with Gasteiger partial charge in [-0.15, -0.1) is 0 Å². The average molecular weight is 296 g/mol. The molecule has 2 aliphatic rings. The van der Waals surface area contributed by atoms with Gasteiger partial charge in [0.2, 0.25) is 0 Å². The van der Waals surface area contributed by atoms with Gasteiger partial charge in [-0.1, -0.05) is 6.42 Å². The number of nitrogens with zero attached hydrogens (tertiary/aromatic N) is 1. The predicted molar refractivity (Wildman–Crippen MR) is 85.3 cm³/mol. The molecule has 1 N–H and O–H groups in total. The minimum absolute atomic E-state index is 0.0401. The van der Waals surface area contributed by atoms with Crippen LogP contribution in [0.25, 0.3) is 0 Å². The molecule has 0 radical (unpaired) electrons. The number of hydrogen-bond acceptors (Lipinski definition) is 4. The third kappa shape index (κ3) is 7.28. The summed E-state index contributed by atoms with van der Waals surface area (Å²) >= 11 is 0. The second-order valence-corrected chi connectivity index (χ2v) is 6.61. The second kappa shape index (κ2) is 9.42. The van der Waals surface area contributed by atoms with Gasteiger partial charge in [-0.05, 0) is 71.0 Å². The fraction of sp³-hybridized carbons (Fsp3) is 0.941. The lowest BCUT2D eigenvalue weighted by Gasteiger charge is -2.33. The van der Waals surface area contributed by atoms with Crippen molar-refractivity contribution in [1.82, 2.24) is 10.2 Å². The zero-order chi connectivity index (χ0) is 14.9. The summed E-state index contributed by atoms with van der Waals surface area (Å²) in [5, 5.41) is 3.67. The largest absolute Gasteiger partial charge is 0.466 e. The number of carbonyl (C=O) groups is 1. The summed E-state index contributed by atoms with van der Waals surface area (Å²) in [5.41, 5.74) is 0. The van der Waals surface area contributed by atoms with Gasteiger partial charge >= 0.3 is 5.97 Å². The summed E-state index contributed by atoms with van der Waals surface area (Å²) in [4.78, 5) is 13.9. The van der Waals surface area contributed by atoms with E-state index in [1.54, 1.807) is 0 Å². The molecule has 0 bridgehead atoms. The van der Waals surface area contributed by atoms with Crippen molar-refractivity contribution in [3.05, 3.63) is 0 Å². The first-order valence-electron chi connectivity index (χ1n) is 8.89. The van der Waals surface area contributed by atoms with E-state index in [0.717, 1.165) is 24.8 Å². The van der Waals surface area contributed by atoms with E-state index in [-0.39, 0.29) is 5.97 Å². The Balaban J connectivity index is 1.48. The van der Waals surface area contributed by atoms with E-state index < -0.39 is 0 Å². The predicted octanol–water partition coefficient (Wildman–Crippen LogP) is 2.57. The molecule has 1 heterocycles. The Hall–Kier alpha value is -0.610. The van der Waals surface area contributed by atoms with Crippen LogP contribution in [0, 0.1) is 5.92 Å². The van der Waals surface area contributed by atoms with E-state index >= 15 is 0 Å². The lowest BCUT2D eigenvalue weighted by atomic mass is 9.97. The van der Waals surface area contributed by atoms with Gasteiger partial charge in [0.1, 0.15) is 0 Å². The number of ether oxygens (including phenoxy) is 1. The molecule has 2 fully saturated rings. The summed E-state index contributed by atoms with van der Waals surface area (Å²) in [5.74, 6) is 0.806. The van der Waals surface area contributed by atoms with Crippen molar-refractivity contribution < 1.29 is 9.53 Å². The van der Waals surface area contributed by atoms with Gasteiger partial charge in [-0.25, -0.2) is 0 Å². The van der Waals surface area contributed by atoms with Gasteiger partial charge in [-0.2, -0.15) is 0 Å². The van der Waals surface area contributed by atoms with Crippen LogP contribution in [0.4, 0.5) is 0 Å². The van der Waals surface area contributed by atoms with Crippen molar-refractivity contribution >= 4 is 5.97 Å². The van der Waals surface area contributed by atoms with Crippen LogP contribution < -0.4 is 5.32 Å². The number of likely N-dealkylation sites (tertiary alicyclic amines) is 1. The van der Waals surface area contributed by atoms with Crippen LogP contribution in [-0.2, 0) is 9.53 Å². The van der Waals surface area contributed by atoms with Gasteiger partial charge < -0.3 is 15.0 Å². The highest BCUT2D eigenvalue weighted by molar-refractivity contribution is 5.69. The average Bonchev–Trinajstić information content (AvgIpc) is 3.30. The molecule has 4 nitrogen and oxygen atoms in total. The van der Waals surface area contributed by atoms with Crippen molar-refractivity contribution in [2.45, 2.75) is 64.3 Å². The number of unbranched alkanes of at least 4 members (excludes halogenated alkanes) is 2. The molecule has 0 aromatic rings. The molecule has 1 aliphatic carbocycles. The molecule has 21 heavy (non-hydrogen) atoms. The molecule has 1 atom stereocenters. The number of piperidine rings is 1. The Morgan fingerprint density at radius 3 is 2.86 bits per heavy atom. The Morgan fingerprint density at radius 2 is 2.10 bits per heavy atom. The molecule has 2 rings (SSSR count). The van der Waals surface area contributed by atoms with Crippen LogP contribution >= 0.6 is 0 Å². The monoisotopic (exact) mass is 296 g/mol. The maximum absolute atomic E-state index is 11.2. The smallest absolute Gasteiger partial charge is 0.305 e. The fourth-order valence-electron chi connectivity index (χ4n) is 3.16. The molecule has 4 heteroatoms. The quantitative estimate of drug-likeness (QED) is 0.497. The molecule has 1 unspecified atom stereocenters. The lowest BCUT2D eigenvalue weighted by molar-refractivity contribution is -0.143. The number of esters is 1. The van der Waals surface area contributed by atoms with Crippen LogP contribution in [-0.4, -0.2) is 49.7 Å². The van der Waals surface area contributed by atoms with E-state index in [1.807, 2.05) is 6.92 Å². The number of nitrogens with one attached hydrogen (secondary N) is 1. The first-order chi connectivity index (χ1) is 10.3. The van der Waals surface area contributed by atoms with Crippen LogP contribution in [0.5, 0.6) is 0 Å². The zero-order valence-electron chi connectivity index (χ0n) is 13.6. The molecule has 0 aromatic heterocycles. The molecule has 1 aliphatic heterocycles. The standard InChI is InChI=1S/C17H32N2O2/c1-2-21-17(20)8-4-3-5-11-19-12-6-7-15(14-19)13-18-16-9-10-16/h15-16,18H,2-14H2,1H3. The Bertz CT molecular complexity index is 305. The van der Waals surface area contributed by atoms with Crippen LogP contribution in [0.2, 0.25) is 0 Å². The molecular weight excluding hydrogens is 264 g/mol. The summed E-state index contributed by atoms with van der Waals surface area (Å²) < 4.78 is 4.95. The van der Waals surface area contributed by atoms with Gasteiger partial charge in [0.25, 0.3) is 0 Å². The van der Waals surface area contributed by atoms with E-state index in [9.17, 15) is 4.79 Å². The molecule has 1 saturated carbocycles. The molecule has 122 valence electrons. The van der Waals surface area contributed by atoms with Crippen molar-refractivity contribution in [3.63, 3.8) is 0 Å². The van der Waals surface area contributed by atoms with E-state index in [1.165, 1.54) is 58.3 Å². The minimum Gasteiger partial charge on any atom is -0.466 e. The highest BCUT2D eigenvalue weighted by Gasteiger charge is 2.24. The van der Waals surface area contributed by atoms with E-state index in [2.05, 4.69) is 10.2 Å². The summed E-state index contributed by atoms with van der Waals surface area (Å²) in [6, 6.07) is 0.836. The first-order valence-corrected chi connectivity index (χ1v) is 8.89. The number of rotatable bonds is 10. The molecule has 0 aromatic carbocycles. The van der Waals surface area contributed by atoms with E-state index in [0.29, 0.717) is 13.0 Å². The third-order valence-corrected chi connectivity index (χ3v) is 4.54. The molecule has 0 spiro atoms. The Labute approximate surface area is 129 Å². The van der Waals surface area contributed by atoms with Crippen LogP contribution in [0.15, 0.2) is 0 Å². The Morgan fingerprint density at radius 1 is 1.24 bits per heavy atom. The van der Waals surface area contributed by atoms with Crippen LogP contribution in [0.1, 0.15) is 58.3 Å². The number of hydrogen-bond donors (Lipinski definition) is 1. The van der Waals surface area contributed by atoms with Crippen molar-refractivity contribution in [3.8, 4) is 0 Å². The highest BCUT2D eigenvalue weighted by Crippen LogP contribution is 2.21. The van der Waals surface area contributed by atoms with Gasteiger partial charge in [-0.3, -0.25) is 4.79 Å². The lowest BCUT2D eigenvalue weighted by Crippen LogP contribution is -2.40. The number of carbonyl (C=O) groups excluding carboxylic acids is 1. The Kier molecular flexibility index (Phi) is 7.51. The SMILES string of the molecule is CCOC(=O)CCCCCN1CCCC(CNC2CC2)C1. The highest BCUT2D eigenvalue weighted by atomic mass is 16.5. The minimum atomic E-state index is -0.0401. The summed E-state index contributed by atoms with van der Waals surface area (Å²) in [6.07, 6.45) is 9.41. The van der Waals surface area contributed by atoms with Crippen molar-refractivity contribution in [2.75, 3.05) is 32.8 Å². The topological polar surface area (TPSA) is 41.6 Å². The van der Waals surface area contributed by atoms with Crippen molar-refractivity contribution in [1.29, 1.82) is 0 Å². The fourth-order valence-corrected chi connectivity index (χ4v) is 3.16. The molecular formula is C17H32N2O2. The second-order valence-electron chi connectivity index (χ2n) is 6.61. The van der Waals surface area contributed by atoms with Gasteiger partial charge in [0, 0.05) is 19.0 Å². The zero-order valence-corrected chi connectivity index (χ0v) is 13.6. The first kappa shape index (κ1) is 16.8. The van der Waals surface area contributed by atoms with Gasteiger partial charge in [0.05, 0.1) is 6.61 Å². The summed E-state index contributed by atoms with van der Waals surface area (Å²) in [7, 11) is 0. The summed E-state index contributed by atoms with van der Waals surface area (Å²) in [6.45, 7) is 7.30. The maximum Gasteiger partial charge on any atom is 0.305 e. The van der Waals surface area contributed by atoms with Crippen LogP contribution in [0.3, 0.4) is 0 Å². The maximum atomic E-state index is 11.2.